The van der Waals surface area contributed by atoms with Crippen molar-refractivity contribution in [1.29, 1.82) is 0 Å². The van der Waals surface area contributed by atoms with Crippen molar-refractivity contribution in [1.82, 2.24) is 0 Å². The SMILES string of the molecule is CC(c1ccc(S(C)(=O)=O)cc1)C1CCCC1. The second-order valence-electron chi connectivity index (χ2n) is 5.17. The largest absolute Gasteiger partial charge is 0.224 e. The van der Waals surface area contributed by atoms with Gasteiger partial charge in [0.2, 0.25) is 0 Å². The highest BCUT2D eigenvalue weighted by molar-refractivity contribution is 7.90. The average molecular weight is 252 g/mol. The van der Waals surface area contributed by atoms with E-state index in [1.807, 2.05) is 12.1 Å². The Balaban J connectivity index is 2.17. The van der Waals surface area contributed by atoms with Crippen molar-refractivity contribution in [3.8, 4) is 0 Å². The third kappa shape index (κ3) is 2.89. The Hall–Kier alpha value is -0.830. The molecule has 1 aromatic carbocycles. The normalized spacial score (nSPS) is 19.4. The first kappa shape index (κ1) is 12.6. The quantitative estimate of drug-likeness (QED) is 0.826. The summed E-state index contributed by atoms with van der Waals surface area (Å²) >= 11 is 0. The molecule has 0 aromatic heterocycles. The van der Waals surface area contributed by atoms with Crippen molar-refractivity contribution in [3.63, 3.8) is 0 Å². The summed E-state index contributed by atoms with van der Waals surface area (Å²) in [5.74, 6) is 1.32. The van der Waals surface area contributed by atoms with Crippen LogP contribution in [0.25, 0.3) is 0 Å². The fourth-order valence-corrected chi connectivity index (χ4v) is 3.38. The zero-order valence-electron chi connectivity index (χ0n) is 10.5. The molecule has 17 heavy (non-hydrogen) atoms. The molecule has 1 saturated carbocycles. The van der Waals surface area contributed by atoms with Gasteiger partial charge in [0.15, 0.2) is 9.84 Å². The minimum atomic E-state index is -3.06. The van der Waals surface area contributed by atoms with E-state index in [2.05, 4.69) is 6.92 Å². The van der Waals surface area contributed by atoms with Gasteiger partial charge in [0.05, 0.1) is 4.90 Å². The molecule has 1 fully saturated rings. The van der Waals surface area contributed by atoms with Crippen LogP contribution in [0.15, 0.2) is 29.2 Å². The third-order valence-electron chi connectivity index (χ3n) is 3.94. The van der Waals surface area contributed by atoms with Gasteiger partial charge in [0.1, 0.15) is 0 Å². The summed E-state index contributed by atoms with van der Waals surface area (Å²) in [5.41, 5.74) is 1.27. The minimum absolute atomic E-state index is 0.417. The molecule has 2 nitrogen and oxygen atoms in total. The first-order valence-electron chi connectivity index (χ1n) is 6.28. The van der Waals surface area contributed by atoms with Gasteiger partial charge in [0.25, 0.3) is 0 Å². The van der Waals surface area contributed by atoms with Crippen LogP contribution in [0.2, 0.25) is 0 Å². The maximum absolute atomic E-state index is 11.4. The van der Waals surface area contributed by atoms with Gasteiger partial charge in [-0.05, 0) is 42.4 Å². The standard InChI is InChI=1S/C14H20O2S/c1-11(12-5-3-4-6-12)13-7-9-14(10-8-13)17(2,15)16/h7-12H,3-6H2,1-2H3. The second-order valence-corrected chi connectivity index (χ2v) is 7.19. The first-order chi connectivity index (χ1) is 7.98. The number of hydrogen-bond acceptors (Lipinski definition) is 2. The molecule has 1 atom stereocenters. The van der Waals surface area contributed by atoms with Crippen molar-refractivity contribution >= 4 is 9.84 Å². The number of rotatable bonds is 3. The first-order valence-corrected chi connectivity index (χ1v) is 8.17. The van der Waals surface area contributed by atoms with Crippen LogP contribution in [0.3, 0.4) is 0 Å². The Bertz CT molecular complexity index is 467. The van der Waals surface area contributed by atoms with E-state index in [-0.39, 0.29) is 0 Å². The molecule has 0 amide bonds. The molecule has 0 spiro atoms. The Morgan fingerprint density at radius 2 is 1.65 bits per heavy atom. The van der Waals surface area contributed by atoms with E-state index in [0.29, 0.717) is 10.8 Å². The molecule has 0 saturated heterocycles. The summed E-state index contributed by atoms with van der Waals surface area (Å²) in [6.45, 7) is 2.26. The molecule has 0 bridgehead atoms. The Kier molecular flexibility index (Phi) is 3.57. The van der Waals surface area contributed by atoms with Crippen molar-refractivity contribution in [3.05, 3.63) is 29.8 Å². The maximum Gasteiger partial charge on any atom is 0.175 e. The average Bonchev–Trinajstić information content (AvgIpc) is 2.80. The van der Waals surface area contributed by atoms with E-state index in [4.69, 9.17) is 0 Å². The molecule has 0 aliphatic heterocycles. The zero-order valence-corrected chi connectivity index (χ0v) is 11.3. The molecule has 0 heterocycles. The van der Waals surface area contributed by atoms with Gasteiger partial charge in [0, 0.05) is 6.26 Å². The molecule has 0 N–H and O–H groups in total. The van der Waals surface area contributed by atoms with Gasteiger partial charge >= 0.3 is 0 Å². The fourth-order valence-electron chi connectivity index (χ4n) is 2.75. The molecular weight excluding hydrogens is 232 g/mol. The fraction of sp³-hybridized carbons (Fsp3) is 0.571. The number of sulfone groups is 1. The highest BCUT2D eigenvalue weighted by Crippen LogP contribution is 2.37. The highest BCUT2D eigenvalue weighted by atomic mass is 32.2. The van der Waals surface area contributed by atoms with Crippen LogP contribution < -0.4 is 0 Å². The van der Waals surface area contributed by atoms with E-state index in [0.717, 1.165) is 5.92 Å². The molecular formula is C14H20O2S. The molecule has 0 radical (unpaired) electrons. The van der Waals surface area contributed by atoms with Gasteiger partial charge in [-0.2, -0.15) is 0 Å². The van der Waals surface area contributed by atoms with Crippen molar-refractivity contribution in [2.45, 2.75) is 43.4 Å². The van der Waals surface area contributed by atoms with Crippen LogP contribution >= 0.6 is 0 Å². The van der Waals surface area contributed by atoms with E-state index in [1.165, 1.54) is 37.5 Å². The Labute approximate surface area is 104 Å². The lowest BCUT2D eigenvalue weighted by Gasteiger charge is -2.19. The van der Waals surface area contributed by atoms with Gasteiger partial charge in [-0.3, -0.25) is 0 Å². The topological polar surface area (TPSA) is 34.1 Å². The lowest BCUT2D eigenvalue weighted by molar-refractivity contribution is 0.461. The monoisotopic (exact) mass is 252 g/mol. The molecule has 1 unspecified atom stereocenters. The van der Waals surface area contributed by atoms with Crippen molar-refractivity contribution < 1.29 is 8.42 Å². The van der Waals surface area contributed by atoms with Crippen LogP contribution in [-0.4, -0.2) is 14.7 Å². The molecule has 2 rings (SSSR count). The van der Waals surface area contributed by atoms with Gasteiger partial charge in [-0.25, -0.2) is 8.42 Å². The molecule has 3 heteroatoms. The second kappa shape index (κ2) is 4.81. The zero-order chi connectivity index (χ0) is 12.5. The van der Waals surface area contributed by atoms with Crippen molar-refractivity contribution in [2.75, 3.05) is 6.26 Å². The predicted molar refractivity (Wildman–Crippen MR) is 69.9 cm³/mol. The summed E-state index contributed by atoms with van der Waals surface area (Å²) < 4.78 is 22.7. The van der Waals surface area contributed by atoms with E-state index >= 15 is 0 Å². The summed E-state index contributed by atoms with van der Waals surface area (Å²) in [5, 5.41) is 0. The molecule has 1 aliphatic carbocycles. The lowest BCUT2D eigenvalue weighted by Crippen LogP contribution is -2.06. The number of hydrogen-bond donors (Lipinski definition) is 0. The summed E-state index contributed by atoms with van der Waals surface area (Å²) in [6.07, 6.45) is 6.57. The van der Waals surface area contributed by atoms with Crippen molar-refractivity contribution in [2.24, 2.45) is 5.92 Å². The Morgan fingerprint density at radius 3 is 2.12 bits per heavy atom. The summed E-state index contributed by atoms with van der Waals surface area (Å²) in [6, 6.07) is 7.41. The smallest absolute Gasteiger partial charge is 0.175 e. The van der Waals surface area contributed by atoms with Gasteiger partial charge in [-0.15, -0.1) is 0 Å². The van der Waals surface area contributed by atoms with Gasteiger partial charge in [-0.1, -0.05) is 31.9 Å². The van der Waals surface area contributed by atoms with Crippen LogP contribution in [0.5, 0.6) is 0 Å². The maximum atomic E-state index is 11.4. The van der Waals surface area contributed by atoms with E-state index < -0.39 is 9.84 Å². The van der Waals surface area contributed by atoms with E-state index in [9.17, 15) is 8.42 Å². The highest BCUT2D eigenvalue weighted by Gasteiger charge is 2.22. The lowest BCUT2D eigenvalue weighted by atomic mass is 9.87. The van der Waals surface area contributed by atoms with Crippen LogP contribution in [0, 0.1) is 5.92 Å². The van der Waals surface area contributed by atoms with Crippen LogP contribution in [-0.2, 0) is 9.84 Å². The molecule has 1 aromatic rings. The predicted octanol–water partition coefficient (Wildman–Crippen LogP) is 3.38. The van der Waals surface area contributed by atoms with Crippen LogP contribution in [0.4, 0.5) is 0 Å². The summed E-state index contributed by atoms with van der Waals surface area (Å²) in [4.78, 5) is 0.417. The summed E-state index contributed by atoms with van der Waals surface area (Å²) in [7, 11) is -3.06. The van der Waals surface area contributed by atoms with Gasteiger partial charge < -0.3 is 0 Å². The molecule has 1 aliphatic rings. The Morgan fingerprint density at radius 1 is 1.12 bits per heavy atom. The third-order valence-corrected chi connectivity index (χ3v) is 5.07. The number of benzene rings is 1. The molecule has 94 valence electrons. The van der Waals surface area contributed by atoms with Crippen LogP contribution in [0.1, 0.15) is 44.1 Å². The minimum Gasteiger partial charge on any atom is -0.224 e. The van der Waals surface area contributed by atoms with E-state index in [1.54, 1.807) is 12.1 Å².